The smallest absolute Gasteiger partial charge is 0.254 e. The molecule has 1 N–H and O–H groups in total. The largest absolute Gasteiger partial charge is 0.390 e. The predicted octanol–water partition coefficient (Wildman–Crippen LogP) is 1.31. The Hall–Kier alpha value is -1.39. The van der Waals surface area contributed by atoms with Crippen molar-refractivity contribution >= 4 is 5.91 Å². The monoisotopic (exact) mass is 288 g/mol. The third-order valence-corrected chi connectivity index (χ3v) is 4.80. The maximum atomic E-state index is 12.6. The molecule has 1 aliphatic carbocycles. The molecule has 2 atom stereocenters. The van der Waals surface area contributed by atoms with Crippen molar-refractivity contribution < 1.29 is 9.90 Å². The van der Waals surface area contributed by atoms with Crippen molar-refractivity contribution in [2.75, 3.05) is 27.2 Å². The van der Waals surface area contributed by atoms with Crippen LogP contribution in [0.4, 0.5) is 0 Å². The van der Waals surface area contributed by atoms with Crippen molar-refractivity contribution in [3.63, 3.8) is 0 Å². The number of fused-ring (bicyclic) bond motifs is 1. The summed E-state index contributed by atoms with van der Waals surface area (Å²) in [4.78, 5) is 16.4. The van der Waals surface area contributed by atoms with Gasteiger partial charge in [-0.25, -0.2) is 0 Å². The van der Waals surface area contributed by atoms with E-state index in [4.69, 9.17) is 0 Å². The van der Waals surface area contributed by atoms with Crippen LogP contribution in [-0.4, -0.2) is 60.1 Å². The summed E-state index contributed by atoms with van der Waals surface area (Å²) in [5.74, 6) is 0.0479. The number of amides is 1. The Morgan fingerprint density at radius 3 is 2.57 bits per heavy atom. The van der Waals surface area contributed by atoms with Crippen molar-refractivity contribution in [3.05, 3.63) is 34.9 Å². The quantitative estimate of drug-likeness (QED) is 0.892. The molecule has 4 nitrogen and oxygen atoms in total. The van der Waals surface area contributed by atoms with Crippen molar-refractivity contribution in [1.29, 1.82) is 0 Å². The van der Waals surface area contributed by atoms with E-state index < -0.39 is 6.10 Å². The first kappa shape index (κ1) is 14.5. The zero-order valence-corrected chi connectivity index (χ0v) is 12.9. The number of benzene rings is 1. The van der Waals surface area contributed by atoms with Crippen molar-refractivity contribution in [1.82, 2.24) is 9.80 Å². The van der Waals surface area contributed by atoms with Gasteiger partial charge >= 0.3 is 0 Å². The molecule has 1 amide bonds. The summed E-state index contributed by atoms with van der Waals surface area (Å²) in [5.41, 5.74) is 3.49. The van der Waals surface area contributed by atoms with Crippen molar-refractivity contribution in [2.45, 2.75) is 37.8 Å². The molecule has 0 spiro atoms. The van der Waals surface area contributed by atoms with Gasteiger partial charge in [0.1, 0.15) is 0 Å². The van der Waals surface area contributed by atoms with E-state index in [0.29, 0.717) is 13.1 Å². The highest BCUT2D eigenvalue weighted by Gasteiger charge is 2.35. The fraction of sp³-hybridized carbons (Fsp3) is 0.588. The van der Waals surface area contributed by atoms with E-state index in [1.807, 2.05) is 25.1 Å². The first-order valence-electron chi connectivity index (χ1n) is 7.82. The number of aryl methyl sites for hydroxylation is 2. The maximum Gasteiger partial charge on any atom is 0.254 e. The third kappa shape index (κ3) is 2.83. The zero-order chi connectivity index (χ0) is 15.0. The molecular weight excluding hydrogens is 264 g/mol. The lowest BCUT2D eigenvalue weighted by Gasteiger charge is -2.22. The van der Waals surface area contributed by atoms with Gasteiger partial charge in [0.2, 0.25) is 0 Å². The number of aliphatic hydroxyl groups excluding tert-OH is 1. The van der Waals surface area contributed by atoms with Crippen LogP contribution in [0.15, 0.2) is 18.2 Å². The van der Waals surface area contributed by atoms with Gasteiger partial charge in [-0.2, -0.15) is 0 Å². The summed E-state index contributed by atoms with van der Waals surface area (Å²) in [6.45, 7) is 1.03. The minimum atomic E-state index is -0.457. The normalized spacial score (nSPS) is 25.2. The summed E-state index contributed by atoms with van der Waals surface area (Å²) in [6, 6.07) is 6.15. The fourth-order valence-electron chi connectivity index (χ4n) is 3.49. The first-order valence-corrected chi connectivity index (χ1v) is 7.82. The van der Waals surface area contributed by atoms with Gasteiger partial charge in [-0.1, -0.05) is 6.07 Å². The van der Waals surface area contributed by atoms with Gasteiger partial charge in [0.15, 0.2) is 0 Å². The van der Waals surface area contributed by atoms with Crippen LogP contribution in [0.2, 0.25) is 0 Å². The van der Waals surface area contributed by atoms with Gasteiger partial charge in [0.05, 0.1) is 12.1 Å². The Morgan fingerprint density at radius 2 is 1.90 bits per heavy atom. The second-order valence-electron chi connectivity index (χ2n) is 6.50. The van der Waals surface area contributed by atoms with Crippen LogP contribution in [0, 0.1) is 0 Å². The van der Waals surface area contributed by atoms with Crippen LogP contribution in [0.1, 0.15) is 34.3 Å². The second-order valence-corrected chi connectivity index (χ2v) is 6.50. The third-order valence-electron chi connectivity index (χ3n) is 4.80. The van der Waals surface area contributed by atoms with E-state index in [1.54, 1.807) is 4.90 Å². The number of likely N-dealkylation sites (tertiary alicyclic amines) is 1. The number of aliphatic hydroxyl groups is 1. The molecular formula is C17H24N2O2. The second kappa shape index (κ2) is 5.78. The van der Waals surface area contributed by atoms with Gasteiger partial charge < -0.3 is 14.9 Å². The molecule has 0 radical (unpaired) electrons. The molecule has 0 bridgehead atoms. The molecule has 21 heavy (non-hydrogen) atoms. The summed E-state index contributed by atoms with van der Waals surface area (Å²) in [7, 11) is 3.89. The molecule has 1 aliphatic heterocycles. The molecule has 1 aromatic carbocycles. The molecule has 114 valence electrons. The first-order chi connectivity index (χ1) is 10.1. The highest BCUT2D eigenvalue weighted by molar-refractivity contribution is 5.94. The number of hydrogen-bond donors (Lipinski definition) is 1. The molecule has 1 heterocycles. The number of nitrogens with zero attached hydrogens (tertiary/aromatic N) is 2. The molecule has 3 rings (SSSR count). The van der Waals surface area contributed by atoms with E-state index in [0.717, 1.165) is 18.4 Å². The van der Waals surface area contributed by atoms with Crippen LogP contribution in [0.5, 0.6) is 0 Å². The number of β-amino-alcohol motifs (C(OH)–C–C–N with tert-alkyl or cyclic N) is 1. The predicted molar refractivity (Wildman–Crippen MR) is 82.5 cm³/mol. The molecule has 1 aromatic rings. The zero-order valence-electron chi connectivity index (χ0n) is 12.9. The number of likely N-dealkylation sites (N-methyl/N-ethyl adjacent to an activating group) is 1. The highest BCUT2D eigenvalue weighted by Crippen LogP contribution is 2.24. The van der Waals surface area contributed by atoms with Gasteiger partial charge in [-0.3, -0.25) is 4.79 Å². The Bertz CT molecular complexity index is 542. The van der Waals surface area contributed by atoms with Crippen LogP contribution in [-0.2, 0) is 12.8 Å². The number of carbonyl (C=O) groups excluding carboxylic acids is 1. The molecule has 1 fully saturated rings. The maximum absolute atomic E-state index is 12.6. The van der Waals surface area contributed by atoms with Gasteiger partial charge in [-0.15, -0.1) is 0 Å². The van der Waals surface area contributed by atoms with E-state index >= 15 is 0 Å². The molecule has 2 aliphatic rings. The van der Waals surface area contributed by atoms with E-state index in [9.17, 15) is 9.90 Å². The summed E-state index contributed by atoms with van der Waals surface area (Å²) in [5, 5.41) is 10.1. The lowest BCUT2D eigenvalue weighted by Crippen LogP contribution is -2.38. The van der Waals surface area contributed by atoms with Crippen LogP contribution < -0.4 is 0 Å². The molecule has 0 saturated carbocycles. The standard InChI is InChI=1S/C17H24N2O2/c1-18(2)15-10-19(11-16(15)20)17(21)14-8-7-12-5-3-4-6-13(12)9-14/h7-9,15-16,20H,3-6,10-11H2,1-2H3/t15-,16-/m1/s1. The number of rotatable bonds is 2. The number of carbonyl (C=O) groups is 1. The van der Waals surface area contributed by atoms with E-state index in [2.05, 4.69) is 12.1 Å². The SMILES string of the molecule is CN(C)[C@@H]1CN(C(=O)c2ccc3c(c2)CCCC3)C[C@H]1O. The van der Waals surface area contributed by atoms with Gasteiger partial charge in [0.25, 0.3) is 5.91 Å². The molecule has 0 aromatic heterocycles. The summed E-state index contributed by atoms with van der Waals surface area (Å²) in [6.07, 6.45) is 4.23. The Kier molecular flexibility index (Phi) is 4.00. The minimum absolute atomic E-state index is 0.0339. The summed E-state index contributed by atoms with van der Waals surface area (Å²) < 4.78 is 0. The van der Waals surface area contributed by atoms with E-state index in [-0.39, 0.29) is 11.9 Å². The average molecular weight is 288 g/mol. The number of hydrogen-bond acceptors (Lipinski definition) is 3. The molecule has 0 unspecified atom stereocenters. The molecule has 1 saturated heterocycles. The van der Waals surface area contributed by atoms with Crippen LogP contribution >= 0.6 is 0 Å². The van der Waals surface area contributed by atoms with E-state index in [1.165, 1.54) is 24.0 Å². The Morgan fingerprint density at radius 1 is 1.19 bits per heavy atom. The van der Waals surface area contributed by atoms with Crippen molar-refractivity contribution in [3.8, 4) is 0 Å². The summed E-state index contributed by atoms with van der Waals surface area (Å²) >= 11 is 0. The molecule has 4 heteroatoms. The fourth-order valence-corrected chi connectivity index (χ4v) is 3.49. The van der Waals surface area contributed by atoms with Crippen LogP contribution in [0.25, 0.3) is 0 Å². The Balaban J connectivity index is 1.77. The van der Waals surface area contributed by atoms with Crippen molar-refractivity contribution in [2.24, 2.45) is 0 Å². The average Bonchev–Trinajstić information content (AvgIpc) is 2.88. The minimum Gasteiger partial charge on any atom is -0.390 e. The Labute approximate surface area is 126 Å². The lowest BCUT2D eigenvalue weighted by atomic mass is 9.90. The van der Waals surface area contributed by atoms with Gasteiger partial charge in [0, 0.05) is 18.7 Å². The lowest BCUT2D eigenvalue weighted by molar-refractivity contribution is 0.0764. The highest BCUT2D eigenvalue weighted by atomic mass is 16.3. The van der Waals surface area contributed by atoms with Gasteiger partial charge in [-0.05, 0) is 63.0 Å². The topological polar surface area (TPSA) is 43.8 Å². The van der Waals surface area contributed by atoms with Crippen LogP contribution in [0.3, 0.4) is 0 Å².